The highest BCUT2D eigenvalue weighted by Gasteiger charge is 2.15. The van der Waals surface area contributed by atoms with Gasteiger partial charge in [0, 0.05) is 16.8 Å². The smallest absolute Gasteiger partial charge is 0.311 e. The van der Waals surface area contributed by atoms with E-state index in [1.165, 1.54) is 12.1 Å². The van der Waals surface area contributed by atoms with Crippen molar-refractivity contribution in [2.45, 2.75) is 0 Å². The zero-order chi connectivity index (χ0) is 13.1. The third-order valence-corrected chi connectivity index (χ3v) is 2.45. The number of pyridine rings is 1. The van der Waals surface area contributed by atoms with Crippen LogP contribution >= 0.6 is 11.6 Å². The van der Waals surface area contributed by atoms with Crippen LogP contribution in [-0.4, -0.2) is 9.91 Å². The van der Waals surface area contributed by atoms with E-state index in [0.29, 0.717) is 10.7 Å². The van der Waals surface area contributed by atoms with Gasteiger partial charge >= 0.3 is 5.69 Å². The summed E-state index contributed by atoms with van der Waals surface area (Å²) < 4.78 is 0. The average Bonchev–Trinajstić information content (AvgIpc) is 2.32. The summed E-state index contributed by atoms with van der Waals surface area (Å²) in [5.74, 6) is 0.305. The van der Waals surface area contributed by atoms with Gasteiger partial charge in [0.2, 0.25) is 5.82 Å². The maximum absolute atomic E-state index is 10.8. The molecular formula is C11H9ClN4O2. The van der Waals surface area contributed by atoms with Gasteiger partial charge in [-0.05, 0) is 30.3 Å². The maximum Gasteiger partial charge on any atom is 0.311 e. The zero-order valence-electron chi connectivity index (χ0n) is 9.13. The highest BCUT2D eigenvalue weighted by atomic mass is 35.5. The summed E-state index contributed by atoms with van der Waals surface area (Å²) in [6, 6.07) is 9.41. The Bertz CT molecular complexity index is 586. The van der Waals surface area contributed by atoms with E-state index in [1.54, 1.807) is 24.3 Å². The van der Waals surface area contributed by atoms with Crippen molar-refractivity contribution in [3.05, 3.63) is 51.5 Å². The number of benzene rings is 1. The molecule has 0 aliphatic rings. The summed E-state index contributed by atoms with van der Waals surface area (Å²) in [6.07, 6.45) is 0. The number of aromatic nitrogens is 1. The number of hydrogen-bond donors (Lipinski definition) is 2. The molecule has 0 saturated carbocycles. The molecule has 0 aliphatic heterocycles. The van der Waals surface area contributed by atoms with E-state index in [2.05, 4.69) is 10.3 Å². The van der Waals surface area contributed by atoms with Crippen molar-refractivity contribution in [3.8, 4) is 0 Å². The van der Waals surface area contributed by atoms with E-state index in [4.69, 9.17) is 17.3 Å². The minimum atomic E-state index is -0.523. The molecule has 1 heterocycles. The van der Waals surface area contributed by atoms with Crippen molar-refractivity contribution >= 4 is 34.6 Å². The summed E-state index contributed by atoms with van der Waals surface area (Å²) in [6.45, 7) is 0. The molecule has 2 aromatic rings. The number of halogens is 1. The van der Waals surface area contributed by atoms with Crippen molar-refractivity contribution < 1.29 is 4.92 Å². The second kappa shape index (κ2) is 4.89. The van der Waals surface area contributed by atoms with Crippen LogP contribution < -0.4 is 11.1 Å². The number of nitrogens with two attached hydrogens (primary N) is 1. The van der Waals surface area contributed by atoms with Gasteiger partial charge in [-0.1, -0.05) is 11.6 Å². The Morgan fingerprint density at radius 3 is 2.50 bits per heavy atom. The lowest BCUT2D eigenvalue weighted by Crippen LogP contribution is -2.01. The van der Waals surface area contributed by atoms with Crippen LogP contribution in [0.2, 0.25) is 5.02 Å². The van der Waals surface area contributed by atoms with Crippen LogP contribution in [-0.2, 0) is 0 Å². The summed E-state index contributed by atoms with van der Waals surface area (Å²) in [4.78, 5) is 14.2. The third kappa shape index (κ3) is 2.67. The predicted molar refractivity (Wildman–Crippen MR) is 70.0 cm³/mol. The lowest BCUT2D eigenvalue weighted by molar-refractivity contribution is -0.384. The molecule has 0 bridgehead atoms. The van der Waals surface area contributed by atoms with Gasteiger partial charge in [0.05, 0.1) is 4.92 Å². The Labute approximate surface area is 108 Å². The van der Waals surface area contributed by atoms with Crippen molar-refractivity contribution in [1.82, 2.24) is 4.98 Å². The van der Waals surface area contributed by atoms with E-state index in [9.17, 15) is 10.1 Å². The maximum atomic E-state index is 10.8. The molecule has 6 nitrogen and oxygen atoms in total. The van der Waals surface area contributed by atoms with Gasteiger partial charge in [0.1, 0.15) is 5.82 Å². The van der Waals surface area contributed by atoms with E-state index in [0.717, 1.165) is 0 Å². The van der Waals surface area contributed by atoms with Crippen LogP contribution in [0.15, 0.2) is 36.4 Å². The van der Waals surface area contributed by atoms with Crippen LogP contribution in [0.3, 0.4) is 0 Å². The Morgan fingerprint density at radius 1 is 1.22 bits per heavy atom. The lowest BCUT2D eigenvalue weighted by Gasteiger charge is -2.06. The molecule has 18 heavy (non-hydrogen) atoms. The van der Waals surface area contributed by atoms with Crippen molar-refractivity contribution in [3.63, 3.8) is 0 Å². The van der Waals surface area contributed by atoms with E-state index >= 15 is 0 Å². The fourth-order valence-corrected chi connectivity index (χ4v) is 1.50. The zero-order valence-corrected chi connectivity index (χ0v) is 9.89. The summed E-state index contributed by atoms with van der Waals surface area (Å²) >= 11 is 5.75. The molecule has 0 fully saturated rings. The number of rotatable bonds is 3. The summed E-state index contributed by atoms with van der Waals surface area (Å²) in [5, 5.41) is 14.3. The highest BCUT2D eigenvalue weighted by Crippen LogP contribution is 2.26. The van der Waals surface area contributed by atoms with Gasteiger partial charge in [-0.25, -0.2) is 4.98 Å². The number of anilines is 3. The standard InChI is InChI=1S/C11H9ClN4O2/c12-7-1-3-8(4-2-7)14-11-9(16(17)18)5-6-10(13)15-11/h1-6H,(H3,13,14,15). The second-order valence-electron chi connectivity index (χ2n) is 3.49. The molecule has 0 radical (unpaired) electrons. The van der Waals surface area contributed by atoms with Crippen LogP contribution in [0, 0.1) is 10.1 Å². The van der Waals surface area contributed by atoms with Gasteiger partial charge in [-0.15, -0.1) is 0 Å². The molecule has 0 unspecified atom stereocenters. The number of nitrogen functional groups attached to an aromatic ring is 1. The summed E-state index contributed by atoms with van der Waals surface area (Å²) in [5.41, 5.74) is 6.01. The quantitative estimate of drug-likeness (QED) is 0.656. The minimum Gasteiger partial charge on any atom is -0.384 e. The normalized spacial score (nSPS) is 10.1. The van der Waals surface area contributed by atoms with Gasteiger partial charge in [-0.2, -0.15) is 0 Å². The van der Waals surface area contributed by atoms with Gasteiger partial charge in [0.25, 0.3) is 0 Å². The minimum absolute atomic E-state index is 0.0994. The Balaban J connectivity index is 2.35. The summed E-state index contributed by atoms with van der Waals surface area (Å²) in [7, 11) is 0. The highest BCUT2D eigenvalue weighted by molar-refractivity contribution is 6.30. The molecule has 0 saturated heterocycles. The molecule has 0 aliphatic carbocycles. The first-order chi connectivity index (χ1) is 8.56. The molecule has 0 atom stereocenters. The second-order valence-corrected chi connectivity index (χ2v) is 3.93. The monoisotopic (exact) mass is 264 g/mol. The SMILES string of the molecule is Nc1ccc([N+](=O)[O-])c(Nc2ccc(Cl)cc2)n1. The first-order valence-corrected chi connectivity index (χ1v) is 5.37. The van der Waals surface area contributed by atoms with Crippen LogP contribution in [0.25, 0.3) is 0 Å². The largest absolute Gasteiger partial charge is 0.384 e. The number of nitro groups is 1. The molecular weight excluding hydrogens is 256 g/mol. The van der Waals surface area contributed by atoms with E-state index in [-0.39, 0.29) is 17.3 Å². The first-order valence-electron chi connectivity index (χ1n) is 5.00. The van der Waals surface area contributed by atoms with Gasteiger partial charge < -0.3 is 11.1 Å². The molecule has 1 aromatic heterocycles. The van der Waals surface area contributed by atoms with Crippen LogP contribution in [0.5, 0.6) is 0 Å². The number of hydrogen-bond acceptors (Lipinski definition) is 5. The van der Waals surface area contributed by atoms with Crippen molar-refractivity contribution in [2.75, 3.05) is 11.1 Å². The van der Waals surface area contributed by atoms with E-state index in [1.807, 2.05) is 0 Å². The van der Waals surface area contributed by atoms with Crippen LogP contribution in [0.1, 0.15) is 0 Å². The van der Waals surface area contributed by atoms with Gasteiger partial charge in [0.15, 0.2) is 0 Å². The average molecular weight is 265 g/mol. The van der Waals surface area contributed by atoms with Crippen molar-refractivity contribution in [2.24, 2.45) is 0 Å². The first kappa shape index (κ1) is 12.1. The Morgan fingerprint density at radius 2 is 1.89 bits per heavy atom. The number of nitrogens with zero attached hydrogens (tertiary/aromatic N) is 2. The van der Waals surface area contributed by atoms with Gasteiger partial charge in [-0.3, -0.25) is 10.1 Å². The topological polar surface area (TPSA) is 94.1 Å². The van der Waals surface area contributed by atoms with E-state index < -0.39 is 4.92 Å². The molecule has 2 rings (SSSR count). The third-order valence-electron chi connectivity index (χ3n) is 2.20. The molecule has 0 spiro atoms. The van der Waals surface area contributed by atoms with Crippen LogP contribution in [0.4, 0.5) is 23.0 Å². The fraction of sp³-hybridized carbons (Fsp3) is 0. The molecule has 92 valence electrons. The molecule has 1 aromatic carbocycles. The number of nitrogens with one attached hydrogen (secondary N) is 1. The predicted octanol–water partition coefficient (Wildman–Crippen LogP) is 2.97. The Hall–Kier alpha value is -2.34. The molecule has 3 N–H and O–H groups in total. The lowest BCUT2D eigenvalue weighted by atomic mass is 10.3. The molecule has 0 amide bonds. The Kier molecular flexibility index (Phi) is 3.29. The fourth-order valence-electron chi connectivity index (χ4n) is 1.38. The molecule has 7 heteroatoms. The van der Waals surface area contributed by atoms with Crippen molar-refractivity contribution in [1.29, 1.82) is 0 Å².